The van der Waals surface area contributed by atoms with Gasteiger partial charge in [0.05, 0.1) is 9.85 Å². The number of nitrogens with zero attached hydrogens (tertiary/aromatic N) is 6. The molecule has 0 spiro atoms. The van der Waals surface area contributed by atoms with Gasteiger partial charge in [0.2, 0.25) is 11.6 Å². The van der Waals surface area contributed by atoms with E-state index in [0.717, 1.165) is 0 Å². The summed E-state index contributed by atoms with van der Waals surface area (Å²) >= 11 is 0. The van der Waals surface area contributed by atoms with Crippen LogP contribution < -0.4 is 9.80 Å². The zero-order valence-corrected chi connectivity index (χ0v) is 13.5. The molecule has 0 unspecified atom stereocenters. The van der Waals surface area contributed by atoms with Crippen LogP contribution in [0.4, 0.5) is 23.0 Å². The quantitative estimate of drug-likeness (QED) is 0.610. The zero-order chi connectivity index (χ0) is 18.0. The fourth-order valence-electron chi connectivity index (χ4n) is 2.99. The number of piperazine rings is 1. The highest BCUT2D eigenvalue weighted by Gasteiger charge is 2.32. The Morgan fingerprint density at radius 3 is 2.12 bits per heavy atom. The minimum atomic E-state index is -0.455. The van der Waals surface area contributed by atoms with E-state index in [4.69, 9.17) is 0 Å². The van der Waals surface area contributed by atoms with Gasteiger partial charge in [-0.2, -0.15) is 0 Å². The standard InChI is InChI=1S/C15H16N6O4/c1-11-10-18(14-12(20(22)23)4-2-6-16-14)8-9-19(11)15-13(21(24)25)5-3-7-17-15/h2-7,11H,8-10H2,1H3/t11-/m0/s1. The highest BCUT2D eigenvalue weighted by molar-refractivity contribution is 5.61. The molecule has 3 rings (SSSR count). The number of rotatable bonds is 4. The van der Waals surface area contributed by atoms with Crippen molar-refractivity contribution in [3.63, 3.8) is 0 Å². The molecule has 1 atom stereocenters. The molecule has 130 valence electrons. The largest absolute Gasteiger partial charge is 0.347 e. The van der Waals surface area contributed by atoms with E-state index in [0.29, 0.717) is 31.3 Å². The third kappa shape index (κ3) is 3.18. The molecule has 25 heavy (non-hydrogen) atoms. The first-order chi connectivity index (χ1) is 12.0. The third-order valence-electron chi connectivity index (χ3n) is 4.12. The van der Waals surface area contributed by atoms with Gasteiger partial charge in [0.15, 0.2) is 0 Å². The fraction of sp³-hybridized carbons (Fsp3) is 0.333. The first-order valence-electron chi connectivity index (χ1n) is 7.69. The summed E-state index contributed by atoms with van der Waals surface area (Å²) < 4.78 is 0. The first kappa shape index (κ1) is 16.6. The lowest BCUT2D eigenvalue weighted by Gasteiger charge is -2.40. The van der Waals surface area contributed by atoms with Gasteiger partial charge in [-0.15, -0.1) is 0 Å². The maximum atomic E-state index is 11.2. The van der Waals surface area contributed by atoms with Crippen LogP contribution in [0.5, 0.6) is 0 Å². The molecule has 0 radical (unpaired) electrons. The summed E-state index contributed by atoms with van der Waals surface area (Å²) in [5.74, 6) is 0.629. The van der Waals surface area contributed by atoms with E-state index in [9.17, 15) is 20.2 Å². The lowest BCUT2D eigenvalue weighted by Crippen LogP contribution is -2.53. The van der Waals surface area contributed by atoms with Crippen LogP contribution in [-0.2, 0) is 0 Å². The highest BCUT2D eigenvalue weighted by atomic mass is 16.6. The Labute approximate surface area is 143 Å². The summed E-state index contributed by atoms with van der Waals surface area (Å²) in [6, 6.07) is 5.77. The van der Waals surface area contributed by atoms with E-state index >= 15 is 0 Å². The summed E-state index contributed by atoms with van der Waals surface area (Å²) in [6.07, 6.45) is 3.04. The number of anilines is 2. The molecule has 1 saturated heterocycles. The highest BCUT2D eigenvalue weighted by Crippen LogP contribution is 2.31. The van der Waals surface area contributed by atoms with Crippen LogP contribution in [0.2, 0.25) is 0 Å². The van der Waals surface area contributed by atoms with Crippen molar-refractivity contribution in [3.8, 4) is 0 Å². The lowest BCUT2D eigenvalue weighted by atomic mass is 10.1. The van der Waals surface area contributed by atoms with Crippen LogP contribution in [0.1, 0.15) is 6.92 Å². The number of hydrogen-bond acceptors (Lipinski definition) is 8. The predicted molar refractivity (Wildman–Crippen MR) is 90.8 cm³/mol. The molecule has 1 fully saturated rings. The normalized spacial score (nSPS) is 17.4. The SMILES string of the molecule is C[C@H]1CN(c2ncccc2[N+](=O)[O-])CCN1c1ncccc1[N+](=O)[O-]. The van der Waals surface area contributed by atoms with Crippen molar-refractivity contribution in [2.24, 2.45) is 0 Å². The van der Waals surface area contributed by atoms with Crippen molar-refractivity contribution in [2.75, 3.05) is 29.4 Å². The summed E-state index contributed by atoms with van der Waals surface area (Å²) in [4.78, 5) is 33.5. The number of aromatic nitrogens is 2. The molecule has 0 aliphatic carbocycles. The van der Waals surface area contributed by atoms with Gasteiger partial charge in [-0.3, -0.25) is 20.2 Å². The zero-order valence-electron chi connectivity index (χ0n) is 13.5. The average Bonchev–Trinajstić information content (AvgIpc) is 2.61. The molecule has 2 aromatic heterocycles. The Hall–Kier alpha value is -3.30. The van der Waals surface area contributed by atoms with Gasteiger partial charge in [-0.1, -0.05) is 0 Å². The molecular formula is C15H16N6O4. The van der Waals surface area contributed by atoms with E-state index in [-0.39, 0.29) is 17.4 Å². The molecule has 10 nitrogen and oxygen atoms in total. The molecule has 0 amide bonds. The van der Waals surface area contributed by atoms with E-state index in [1.807, 2.05) is 16.7 Å². The fourth-order valence-corrected chi connectivity index (χ4v) is 2.99. The van der Waals surface area contributed by atoms with Gasteiger partial charge in [0, 0.05) is 50.2 Å². The minimum absolute atomic E-state index is 0.0491. The second kappa shape index (κ2) is 6.67. The van der Waals surface area contributed by atoms with Gasteiger partial charge in [-0.25, -0.2) is 9.97 Å². The van der Waals surface area contributed by atoms with Crippen LogP contribution in [0.25, 0.3) is 0 Å². The molecule has 2 aromatic rings. The molecule has 1 aliphatic heterocycles. The minimum Gasteiger partial charge on any atom is -0.347 e. The van der Waals surface area contributed by atoms with Gasteiger partial charge >= 0.3 is 11.4 Å². The lowest BCUT2D eigenvalue weighted by molar-refractivity contribution is -0.384. The van der Waals surface area contributed by atoms with Crippen molar-refractivity contribution >= 4 is 23.0 Å². The Morgan fingerprint density at radius 2 is 1.56 bits per heavy atom. The average molecular weight is 344 g/mol. The van der Waals surface area contributed by atoms with Crippen molar-refractivity contribution in [3.05, 3.63) is 56.9 Å². The van der Waals surface area contributed by atoms with E-state index < -0.39 is 9.85 Å². The molecule has 0 saturated carbocycles. The molecule has 10 heteroatoms. The van der Waals surface area contributed by atoms with Crippen molar-refractivity contribution in [1.82, 2.24) is 9.97 Å². The van der Waals surface area contributed by atoms with Crippen LogP contribution >= 0.6 is 0 Å². The predicted octanol–water partition coefficient (Wildman–Crippen LogP) is 2.01. The molecule has 0 aromatic carbocycles. The monoisotopic (exact) mass is 344 g/mol. The maximum Gasteiger partial charge on any atom is 0.311 e. The van der Waals surface area contributed by atoms with Gasteiger partial charge < -0.3 is 9.80 Å². The second-order valence-electron chi connectivity index (χ2n) is 5.69. The molecule has 0 N–H and O–H groups in total. The van der Waals surface area contributed by atoms with Crippen LogP contribution in [0.3, 0.4) is 0 Å². The summed E-state index contributed by atoms with van der Waals surface area (Å²) in [7, 11) is 0. The van der Waals surface area contributed by atoms with Crippen LogP contribution in [-0.4, -0.2) is 45.5 Å². The van der Waals surface area contributed by atoms with E-state index in [2.05, 4.69) is 9.97 Å². The van der Waals surface area contributed by atoms with Gasteiger partial charge in [0.1, 0.15) is 0 Å². The third-order valence-corrected chi connectivity index (χ3v) is 4.12. The molecule has 1 aliphatic rings. The second-order valence-corrected chi connectivity index (χ2v) is 5.69. The number of nitro groups is 2. The van der Waals surface area contributed by atoms with Crippen LogP contribution in [0.15, 0.2) is 36.7 Å². The van der Waals surface area contributed by atoms with Gasteiger partial charge in [0.25, 0.3) is 0 Å². The summed E-state index contributed by atoms with van der Waals surface area (Å²) in [5.41, 5.74) is -0.0985. The molecule has 3 heterocycles. The van der Waals surface area contributed by atoms with E-state index in [1.54, 1.807) is 0 Å². The van der Waals surface area contributed by atoms with E-state index in [1.165, 1.54) is 36.7 Å². The van der Waals surface area contributed by atoms with Crippen LogP contribution in [0, 0.1) is 20.2 Å². The number of hydrogen-bond donors (Lipinski definition) is 0. The smallest absolute Gasteiger partial charge is 0.311 e. The molecule has 0 bridgehead atoms. The Balaban J connectivity index is 1.85. The van der Waals surface area contributed by atoms with Crippen molar-refractivity contribution in [1.29, 1.82) is 0 Å². The first-order valence-corrected chi connectivity index (χ1v) is 7.69. The van der Waals surface area contributed by atoms with Gasteiger partial charge in [-0.05, 0) is 19.1 Å². The topological polar surface area (TPSA) is 119 Å². The summed E-state index contributed by atoms with van der Waals surface area (Å²) in [5, 5.41) is 22.4. The van der Waals surface area contributed by atoms with Crippen molar-refractivity contribution in [2.45, 2.75) is 13.0 Å². The number of pyridine rings is 2. The maximum absolute atomic E-state index is 11.2. The summed E-state index contributed by atoms with van der Waals surface area (Å²) in [6.45, 7) is 3.26. The Bertz CT molecular complexity index is 814. The Morgan fingerprint density at radius 1 is 1.00 bits per heavy atom. The molecular weight excluding hydrogens is 328 g/mol. The van der Waals surface area contributed by atoms with Crippen molar-refractivity contribution < 1.29 is 9.85 Å². The Kier molecular flexibility index (Phi) is 4.42.